The zero-order valence-corrected chi connectivity index (χ0v) is 21.1. The van der Waals surface area contributed by atoms with Gasteiger partial charge >= 0.3 is 5.97 Å². The van der Waals surface area contributed by atoms with Gasteiger partial charge in [-0.1, -0.05) is 31.2 Å². The van der Waals surface area contributed by atoms with E-state index >= 15 is 0 Å². The van der Waals surface area contributed by atoms with Crippen molar-refractivity contribution in [1.29, 1.82) is 0 Å². The molecule has 188 valence electrons. The van der Waals surface area contributed by atoms with Crippen molar-refractivity contribution < 1.29 is 33.6 Å². The molecule has 2 aliphatic rings. The van der Waals surface area contributed by atoms with Gasteiger partial charge in [0.05, 0.1) is 6.10 Å². The van der Waals surface area contributed by atoms with Crippen LogP contribution in [-0.4, -0.2) is 69.3 Å². The van der Waals surface area contributed by atoms with Gasteiger partial charge in [-0.05, 0) is 38.8 Å². The van der Waals surface area contributed by atoms with E-state index in [-0.39, 0.29) is 18.8 Å². The lowest BCUT2D eigenvalue weighted by Gasteiger charge is -2.23. The Bertz CT molecular complexity index is 924. The second kappa shape index (κ2) is 10.9. The number of carbonyl (C=O) groups excluding carboxylic acids is 1. The number of aliphatic hydroxyl groups excluding tert-OH is 1. The second-order valence-corrected chi connectivity index (χ2v) is 9.48. The molecule has 0 radical (unpaired) electrons. The van der Waals surface area contributed by atoms with E-state index in [2.05, 4.69) is 0 Å². The van der Waals surface area contributed by atoms with E-state index in [0.29, 0.717) is 23.3 Å². The Kier molecular flexibility index (Phi) is 8.41. The van der Waals surface area contributed by atoms with E-state index in [1.165, 1.54) is 7.11 Å². The van der Waals surface area contributed by atoms with E-state index in [1.807, 2.05) is 71.0 Å². The molecule has 0 saturated carbocycles. The number of hydrogen-bond donors (Lipinski definition) is 1. The predicted molar refractivity (Wildman–Crippen MR) is 130 cm³/mol. The molecule has 3 rings (SSSR count). The van der Waals surface area contributed by atoms with Crippen molar-refractivity contribution in [3.8, 4) is 5.75 Å². The van der Waals surface area contributed by atoms with Crippen LogP contribution in [0.3, 0.4) is 0 Å². The summed E-state index contributed by atoms with van der Waals surface area (Å²) in [5, 5.41) is 10.8. The fraction of sp³-hybridized carbons (Fsp3) is 0.577. The molecular formula is C26H37NO7. The van der Waals surface area contributed by atoms with E-state index in [9.17, 15) is 9.90 Å². The Morgan fingerprint density at radius 3 is 2.59 bits per heavy atom. The number of rotatable bonds is 4. The minimum Gasteiger partial charge on any atom is -0.467 e. The first-order valence-corrected chi connectivity index (χ1v) is 11.6. The number of esters is 1. The van der Waals surface area contributed by atoms with Crippen LogP contribution < -0.4 is 9.64 Å². The summed E-state index contributed by atoms with van der Waals surface area (Å²) >= 11 is 0. The molecule has 8 nitrogen and oxygen atoms in total. The number of methoxy groups -OCH3 is 1. The maximum atomic E-state index is 13.3. The minimum absolute atomic E-state index is 0.00306. The third-order valence-electron chi connectivity index (χ3n) is 6.04. The molecular weight excluding hydrogens is 438 g/mol. The van der Waals surface area contributed by atoms with Crippen LogP contribution >= 0.6 is 0 Å². The highest BCUT2D eigenvalue weighted by Gasteiger charge is 2.43. The molecule has 0 bridgehead atoms. The average molecular weight is 476 g/mol. The Labute approximate surface area is 202 Å². The summed E-state index contributed by atoms with van der Waals surface area (Å²) in [4.78, 5) is 15.3. The van der Waals surface area contributed by atoms with Crippen LogP contribution in [0.1, 0.15) is 50.0 Å². The molecule has 1 N–H and O–H groups in total. The summed E-state index contributed by atoms with van der Waals surface area (Å²) in [5.74, 6) is -1.05. The number of nitrogens with zero attached hydrogens (tertiary/aromatic N) is 1. The molecule has 1 aromatic rings. The summed E-state index contributed by atoms with van der Waals surface area (Å²) in [6, 6.07) is 3.71. The maximum Gasteiger partial charge on any atom is 0.342 e. The van der Waals surface area contributed by atoms with E-state index < -0.39 is 30.1 Å². The number of hydrogen-bond acceptors (Lipinski definition) is 8. The number of benzene rings is 1. The number of anilines is 1. The third-order valence-corrected chi connectivity index (χ3v) is 6.04. The van der Waals surface area contributed by atoms with Crippen molar-refractivity contribution in [3.63, 3.8) is 0 Å². The Morgan fingerprint density at radius 1 is 1.18 bits per heavy atom. The van der Waals surface area contributed by atoms with Crippen LogP contribution in [0.4, 0.5) is 5.69 Å². The number of carbonyl (C=O) groups is 1. The van der Waals surface area contributed by atoms with Gasteiger partial charge in [-0.3, -0.25) is 0 Å². The largest absolute Gasteiger partial charge is 0.467 e. The molecule has 0 aromatic heterocycles. The minimum atomic E-state index is -0.852. The van der Waals surface area contributed by atoms with Crippen molar-refractivity contribution in [1.82, 2.24) is 0 Å². The highest BCUT2D eigenvalue weighted by Crippen LogP contribution is 2.35. The summed E-state index contributed by atoms with van der Waals surface area (Å²) in [5.41, 5.74) is 1.85. The van der Waals surface area contributed by atoms with Gasteiger partial charge in [0.2, 0.25) is 0 Å². The zero-order chi connectivity index (χ0) is 25.0. The number of ether oxygens (including phenoxy) is 5. The van der Waals surface area contributed by atoms with Crippen LogP contribution in [0.25, 0.3) is 6.08 Å². The third kappa shape index (κ3) is 6.18. The first-order chi connectivity index (χ1) is 16.0. The van der Waals surface area contributed by atoms with E-state index in [1.54, 1.807) is 12.1 Å². The van der Waals surface area contributed by atoms with Crippen LogP contribution in [0.2, 0.25) is 0 Å². The highest BCUT2D eigenvalue weighted by atomic mass is 16.8. The summed E-state index contributed by atoms with van der Waals surface area (Å²) < 4.78 is 28.8. The van der Waals surface area contributed by atoms with Crippen molar-refractivity contribution >= 4 is 17.7 Å². The van der Waals surface area contributed by atoms with Gasteiger partial charge in [0, 0.05) is 38.9 Å². The van der Waals surface area contributed by atoms with Gasteiger partial charge < -0.3 is 33.7 Å². The maximum absolute atomic E-state index is 13.3. The standard InChI is InChI=1S/C26H37NO7/c1-16-11-12-20(28)24-21(33-26(3,4)34-24)10-8-9-18-13-19(27(5)6)14-22(31-15-30-7)23(18)25(29)32-17(16)2/h8-9,11-14,16-17,20-21,24,28H,10,15H2,1-7H3/b9-8?,12-11-/t16-,17+,20?,21+,24-/m1/s1. The van der Waals surface area contributed by atoms with Gasteiger partial charge in [-0.2, -0.15) is 0 Å². The first-order valence-electron chi connectivity index (χ1n) is 11.6. The number of fused-ring (bicyclic) bond motifs is 2. The Morgan fingerprint density at radius 2 is 1.91 bits per heavy atom. The molecule has 8 heteroatoms. The molecule has 0 amide bonds. The Balaban J connectivity index is 2.09. The van der Waals surface area contributed by atoms with Gasteiger partial charge in [-0.25, -0.2) is 4.79 Å². The fourth-order valence-corrected chi connectivity index (χ4v) is 4.02. The predicted octanol–water partition coefficient (Wildman–Crippen LogP) is 3.77. The topological polar surface area (TPSA) is 86.7 Å². The first kappa shape index (κ1) is 26.2. The van der Waals surface area contributed by atoms with Gasteiger partial charge in [0.15, 0.2) is 12.6 Å². The van der Waals surface area contributed by atoms with Crippen molar-refractivity contribution in [2.45, 2.75) is 64.3 Å². The quantitative estimate of drug-likeness (QED) is 0.400. The SMILES string of the molecule is COCOc1cc(N(C)C)cc2c1C(=O)O[C@@H](C)[C@H](C)/C=C\C(O)[C@H]1OC(C)(C)O[C@H]1CC=C2. The molecule has 34 heavy (non-hydrogen) atoms. The summed E-state index contributed by atoms with van der Waals surface area (Å²) in [6.07, 6.45) is 5.64. The average Bonchev–Trinajstić information content (AvgIpc) is 3.08. The molecule has 2 aliphatic heterocycles. The van der Waals surface area contributed by atoms with E-state index in [0.717, 1.165) is 5.69 Å². The lowest BCUT2D eigenvalue weighted by atomic mass is 9.98. The second-order valence-electron chi connectivity index (χ2n) is 9.48. The van der Waals surface area contributed by atoms with Crippen LogP contribution in [0.15, 0.2) is 30.4 Å². The highest BCUT2D eigenvalue weighted by molar-refractivity contribution is 5.97. The normalized spacial score (nSPS) is 30.0. The van der Waals surface area contributed by atoms with Crippen LogP contribution in [-0.2, 0) is 18.9 Å². The Hall–Kier alpha value is -2.39. The van der Waals surface area contributed by atoms with Gasteiger partial charge in [0.25, 0.3) is 0 Å². The van der Waals surface area contributed by atoms with E-state index in [4.69, 9.17) is 23.7 Å². The smallest absolute Gasteiger partial charge is 0.342 e. The monoisotopic (exact) mass is 475 g/mol. The fourth-order valence-electron chi connectivity index (χ4n) is 4.02. The molecule has 2 heterocycles. The zero-order valence-electron chi connectivity index (χ0n) is 21.1. The molecule has 5 atom stereocenters. The lowest BCUT2D eigenvalue weighted by Crippen LogP contribution is -2.34. The number of aliphatic hydroxyl groups is 1. The van der Waals surface area contributed by atoms with Gasteiger partial charge in [0.1, 0.15) is 29.6 Å². The number of cyclic esters (lactones) is 1. The molecule has 1 unspecified atom stereocenters. The summed E-state index contributed by atoms with van der Waals surface area (Å²) in [6.45, 7) is 7.43. The molecule has 1 aromatic carbocycles. The van der Waals surface area contributed by atoms with Crippen molar-refractivity contribution in [3.05, 3.63) is 41.5 Å². The van der Waals surface area contributed by atoms with Crippen LogP contribution in [0, 0.1) is 5.92 Å². The molecule has 1 saturated heterocycles. The van der Waals surface area contributed by atoms with Gasteiger partial charge in [-0.15, -0.1) is 0 Å². The molecule has 0 aliphatic carbocycles. The summed E-state index contributed by atoms with van der Waals surface area (Å²) in [7, 11) is 5.36. The van der Waals surface area contributed by atoms with Crippen molar-refractivity contribution in [2.75, 3.05) is 32.9 Å². The lowest BCUT2D eigenvalue weighted by molar-refractivity contribution is -0.152. The van der Waals surface area contributed by atoms with Crippen LogP contribution in [0.5, 0.6) is 5.75 Å². The molecule has 0 spiro atoms. The molecule has 1 fully saturated rings. The van der Waals surface area contributed by atoms with Crippen molar-refractivity contribution in [2.24, 2.45) is 5.92 Å².